The molecule has 3 rings (SSSR count). The number of hydrogen-bond donors (Lipinski definition) is 2. The zero-order valence-electron chi connectivity index (χ0n) is 14.7. The van der Waals surface area contributed by atoms with Gasteiger partial charge in [0.25, 0.3) is 0 Å². The lowest BCUT2D eigenvalue weighted by Gasteiger charge is -2.08. The minimum atomic E-state index is -0.411. The Balaban J connectivity index is 1.62. The zero-order chi connectivity index (χ0) is 19.2. The minimum Gasteiger partial charge on any atom is -0.493 e. The van der Waals surface area contributed by atoms with Crippen molar-refractivity contribution in [2.75, 3.05) is 24.9 Å². The van der Waals surface area contributed by atoms with E-state index in [9.17, 15) is 4.79 Å². The van der Waals surface area contributed by atoms with E-state index in [0.29, 0.717) is 33.8 Å². The molecule has 3 aromatic rings. The van der Waals surface area contributed by atoms with Crippen LogP contribution >= 0.6 is 22.9 Å². The van der Waals surface area contributed by atoms with Crippen LogP contribution in [0.2, 0.25) is 5.02 Å². The molecule has 0 fully saturated rings. The van der Waals surface area contributed by atoms with Gasteiger partial charge in [0.15, 0.2) is 11.5 Å². The van der Waals surface area contributed by atoms with Gasteiger partial charge in [-0.05, 0) is 35.9 Å². The molecule has 0 spiro atoms. The first-order valence-corrected chi connectivity index (χ1v) is 9.13. The van der Waals surface area contributed by atoms with Gasteiger partial charge in [-0.1, -0.05) is 35.1 Å². The van der Waals surface area contributed by atoms with E-state index in [2.05, 4.69) is 20.8 Å². The lowest BCUT2D eigenvalue weighted by Crippen LogP contribution is -2.19. The Bertz CT molecular complexity index is 948. The highest BCUT2D eigenvalue weighted by Crippen LogP contribution is 2.29. The summed E-state index contributed by atoms with van der Waals surface area (Å²) in [6.45, 7) is 0. The fourth-order valence-corrected chi connectivity index (χ4v) is 3.33. The molecular weight excluding hydrogens is 388 g/mol. The van der Waals surface area contributed by atoms with Crippen molar-refractivity contribution in [3.8, 4) is 11.5 Å². The van der Waals surface area contributed by atoms with Crippen LogP contribution in [-0.2, 0) is 6.42 Å². The first-order valence-electron chi connectivity index (χ1n) is 7.94. The van der Waals surface area contributed by atoms with Crippen molar-refractivity contribution in [2.45, 2.75) is 6.42 Å². The van der Waals surface area contributed by atoms with Crippen LogP contribution < -0.4 is 20.1 Å². The summed E-state index contributed by atoms with van der Waals surface area (Å²) >= 11 is 7.20. The van der Waals surface area contributed by atoms with Gasteiger partial charge in [-0.25, -0.2) is 4.79 Å². The molecule has 0 aliphatic carbocycles. The number of carbonyl (C=O) groups excluding carboxylic acids is 1. The summed E-state index contributed by atoms with van der Waals surface area (Å²) in [7, 11) is 3.18. The molecule has 0 aliphatic rings. The largest absolute Gasteiger partial charge is 0.493 e. The van der Waals surface area contributed by atoms with Crippen molar-refractivity contribution in [2.24, 2.45) is 0 Å². The number of ether oxygens (including phenoxy) is 2. The van der Waals surface area contributed by atoms with E-state index in [1.54, 1.807) is 38.5 Å². The number of nitrogens with zero attached hydrogens (tertiary/aromatic N) is 2. The van der Waals surface area contributed by atoms with Gasteiger partial charge in [-0.15, -0.1) is 10.2 Å². The molecule has 1 aromatic heterocycles. The van der Waals surface area contributed by atoms with E-state index >= 15 is 0 Å². The van der Waals surface area contributed by atoms with Gasteiger partial charge in [0.1, 0.15) is 5.01 Å². The number of methoxy groups -OCH3 is 2. The molecule has 0 saturated carbocycles. The Morgan fingerprint density at radius 3 is 2.63 bits per heavy atom. The molecule has 0 aliphatic heterocycles. The molecular formula is C18H17ClN4O3S. The highest BCUT2D eigenvalue weighted by molar-refractivity contribution is 7.15. The third kappa shape index (κ3) is 5.08. The maximum Gasteiger partial charge on any atom is 0.325 e. The first-order chi connectivity index (χ1) is 13.1. The summed E-state index contributed by atoms with van der Waals surface area (Å²) in [6.07, 6.45) is 0.565. The molecule has 7 nitrogen and oxygen atoms in total. The first kappa shape index (κ1) is 18.9. The number of nitrogens with one attached hydrogen (secondary N) is 2. The van der Waals surface area contributed by atoms with Crippen LogP contribution in [0.5, 0.6) is 11.5 Å². The van der Waals surface area contributed by atoms with Gasteiger partial charge in [0.2, 0.25) is 5.13 Å². The predicted molar refractivity (Wildman–Crippen MR) is 106 cm³/mol. The number of halogens is 1. The Kier molecular flexibility index (Phi) is 6.10. The number of anilines is 2. The van der Waals surface area contributed by atoms with Crippen molar-refractivity contribution in [3.05, 3.63) is 58.1 Å². The minimum absolute atomic E-state index is 0.407. The van der Waals surface area contributed by atoms with Crippen molar-refractivity contribution in [1.29, 1.82) is 0 Å². The number of rotatable bonds is 6. The van der Waals surface area contributed by atoms with Crippen LogP contribution in [0.15, 0.2) is 42.5 Å². The van der Waals surface area contributed by atoms with E-state index in [0.717, 1.165) is 10.6 Å². The molecule has 0 bridgehead atoms. The number of amides is 2. The molecule has 0 unspecified atom stereocenters. The van der Waals surface area contributed by atoms with Crippen LogP contribution in [0.25, 0.3) is 0 Å². The normalized spacial score (nSPS) is 10.3. The summed E-state index contributed by atoms with van der Waals surface area (Å²) in [5.74, 6) is 1.32. The van der Waals surface area contributed by atoms with Crippen LogP contribution in [0.3, 0.4) is 0 Å². The Hall–Kier alpha value is -2.84. The molecule has 0 atom stereocenters. The molecule has 27 heavy (non-hydrogen) atoms. The summed E-state index contributed by atoms with van der Waals surface area (Å²) in [6, 6.07) is 12.1. The van der Waals surface area contributed by atoms with Gasteiger partial charge < -0.3 is 14.8 Å². The van der Waals surface area contributed by atoms with Crippen molar-refractivity contribution in [1.82, 2.24) is 10.2 Å². The van der Waals surface area contributed by atoms with Gasteiger partial charge in [-0.3, -0.25) is 5.32 Å². The van der Waals surface area contributed by atoms with Crippen molar-refractivity contribution < 1.29 is 14.3 Å². The smallest absolute Gasteiger partial charge is 0.325 e. The Morgan fingerprint density at radius 1 is 1.07 bits per heavy atom. The van der Waals surface area contributed by atoms with Gasteiger partial charge in [-0.2, -0.15) is 0 Å². The molecule has 2 N–H and O–H groups in total. The van der Waals surface area contributed by atoms with Gasteiger partial charge in [0.05, 0.1) is 14.2 Å². The number of hydrogen-bond acceptors (Lipinski definition) is 6. The van der Waals surface area contributed by atoms with E-state index in [1.165, 1.54) is 11.3 Å². The second kappa shape index (κ2) is 8.70. The lowest BCUT2D eigenvalue weighted by atomic mass is 10.1. The van der Waals surface area contributed by atoms with Crippen molar-refractivity contribution in [3.63, 3.8) is 0 Å². The number of benzene rings is 2. The highest BCUT2D eigenvalue weighted by atomic mass is 35.5. The molecule has 1 heterocycles. The standard InChI is InChI=1S/C18H17ClN4O3S/c1-25-14-7-6-11(8-15(14)26-2)9-16-22-23-18(27-16)21-17(24)20-13-5-3-4-12(19)10-13/h3-8,10H,9H2,1-2H3,(H2,20,21,23,24). The highest BCUT2D eigenvalue weighted by Gasteiger charge is 2.11. The molecule has 140 valence electrons. The quantitative estimate of drug-likeness (QED) is 0.634. The molecule has 0 radical (unpaired) electrons. The lowest BCUT2D eigenvalue weighted by molar-refractivity contribution is 0.262. The third-order valence-corrected chi connectivity index (χ3v) is 4.65. The van der Waals surface area contributed by atoms with Crippen LogP contribution in [0.1, 0.15) is 10.6 Å². The van der Waals surface area contributed by atoms with E-state index < -0.39 is 6.03 Å². The fourth-order valence-electron chi connectivity index (χ4n) is 2.37. The summed E-state index contributed by atoms with van der Waals surface area (Å²) in [5.41, 5.74) is 1.59. The maximum absolute atomic E-state index is 12.1. The number of urea groups is 1. The second-order valence-corrected chi connectivity index (χ2v) is 6.96. The summed E-state index contributed by atoms with van der Waals surface area (Å²) in [5, 5.41) is 15.2. The van der Waals surface area contributed by atoms with Crippen molar-refractivity contribution >= 4 is 39.8 Å². The average Bonchev–Trinajstić information content (AvgIpc) is 3.08. The maximum atomic E-state index is 12.1. The summed E-state index contributed by atoms with van der Waals surface area (Å²) < 4.78 is 10.5. The topological polar surface area (TPSA) is 85.4 Å². The SMILES string of the molecule is COc1ccc(Cc2nnc(NC(=O)Nc3cccc(Cl)c3)s2)cc1OC. The Labute approximate surface area is 165 Å². The zero-order valence-corrected chi connectivity index (χ0v) is 16.2. The van der Waals surface area contributed by atoms with E-state index in [4.69, 9.17) is 21.1 Å². The second-order valence-electron chi connectivity index (χ2n) is 5.46. The van der Waals surface area contributed by atoms with E-state index in [1.807, 2.05) is 18.2 Å². The number of aromatic nitrogens is 2. The van der Waals surface area contributed by atoms with Crippen LogP contribution in [-0.4, -0.2) is 30.4 Å². The fraction of sp³-hybridized carbons (Fsp3) is 0.167. The Morgan fingerprint density at radius 2 is 1.89 bits per heavy atom. The number of carbonyl (C=O) groups is 1. The molecule has 9 heteroatoms. The predicted octanol–water partition coefficient (Wildman–Crippen LogP) is 4.44. The van der Waals surface area contributed by atoms with Crippen LogP contribution in [0, 0.1) is 0 Å². The molecule has 2 amide bonds. The summed E-state index contributed by atoms with van der Waals surface area (Å²) in [4.78, 5) is 12.1. The monoisotopic (exact) mass is 404 g/mol. The van der Waals surface area contributed by atoms with Crippen LogP contribution in [0.4, 0.5) is 15.6 Å². The van der Waals surface area contributed by atoms with E-state index in [-0.39, 0.29) is 0 Å². The molecule has 0 saturated heterocycles. The molecule has 2 aromatic carbocycles. The van der Waals surface area contributed by atoms with Gasteiger partial charge >= 0.3 is 6.03 Å². The van der Waals surface area contributed by atoms with Gasteiger partial charge in [0, 0.05) is 17.1 Å². The average molecular weight is 405 g/mol. The third-order valence-electron chi connectivity index (χ3n) is 3.57.